The second-order valence-corrected chi connectivity index (χ2v) is 5.79. The van der Waals surface area contributed by atoms with E-state index in [0.717, 1.165) is 22.6 Å². The highest BCUT2D eigenvalue weighted by atomic mass is 35.5. The molecule has 0 aliphatic rings. The van der Waals surface area contributed by atoms with Crippen molar-refractivity contribution < 1.29 is 10.2 Å². The molecule has 2 aromatic carbocycles. The summed E-state index contributed by atoms with van der Waals surface area (Å²) >= 11 is 11.5. The molecule has 2 aromatic rings. The first-order valence-electron chi connectivity index (χ1n) is 6.78. The lowest BCUT2D eigenvalue weighted by molar-refractivity contribution is 0.461. The highest BCUT2D eigenvalue weighted by molar-refractivity contribution is 6.31. The van der Waals surface area contributed by atoms with Crippen LogP contribution in [-0.2, 0) is 0 Å². The third-order valence-electron chi connectivity index (χ3n) is 3.28. The maximum Gasteiger partial charge on any atom is 0.119 e. The Morgan fingerprint density at radius 2 is 1.62 bits per heavy atom. The lowest BCUT2D eigenvalue weighted by Crippen LogP contribution is -1.92. The molecule has 0 aromatic heterocycles. The Hall–Kier alpha value is -1.38. The van der Waals surface area contributed by atoms with Crippen molar-refractivity contribution in [2.24, 2.45) is 0 Å². The molecule has 2 N–H and O–H groups in total. The van der Waals surface area contributed by atoms with Crippen LogP contribution in [0.25, 0.3) is 0 Å². The van der Waals surface area contributed by atoms with Gasteiger partial charge in [-0.05, 0) is 66.8 Å². The van der Waals surface area contributed by atoms with Crippen molar-refractivity contribution in [1.29, 1.82) is 0 Å². The molecular formula is C17H20Cl2O2. The van der Waals surface area contributed by atoms with Gasteiger partial charge >= 0.3 is 0 Å². The summed E-state index contributed by atoms with van der Waals surface area (Å²) in [5, 5.41) is 19.7. The Balaban J connectivity index is 0.000000235. The van der Waals surface area contributed by atoms with Crippen molar-refractivity contribution in [2.75, 3.05) is 0 Å². The normalized spacial score (nSPS) is 11.5. The van der Waals surface area contributed by atoms with Gasteiger partial charge < -0.3 is 10.2 Å². The molecule has 2 rings (SSSR count). The molecule has 0 spiro atoms. The molecule has 0 aliphatic heterocycles. The fourth-order valence-electron chi connectivity index (χ4n) is 1.74. The standard InChI is InChI=1S/C11H15ClO.C6H5ClO/c1-4-7(2)9-6-10(12)8(3)5-11(9)13;7-5-1-3-6(8)4-2-5/h5-7,13H,4H2,1-3H3;1-4,8H. The van der Waals surface area contributed by atoms with E-state index in [1.54, 1.807) is 30.3 Å². The van der Waals surface area contributed by atoms with Gasteiger partial charge in [0.25, 0.3) is 0 Å². The molecular weight excluding hydrogens is 307 g/mol. The number of halogens is 2. The predicted octanol–water partition coefficient (Wildman–Crippen LogP) is 5.91. The molecule has 0 heterocycles. The Morgan fingerprint density at radius 3 is 2.10 bits per heavy atom. The molecule has 2 nitrogen and oxygen atoms in total. The van der Waals surface area contributed by atoms with E-state index in [-0.39, 0.29) is 5.75 Å². The van der Waals surface area contributed by atoms with Crippen molar-refractivity contribution in [1.82, 2.24) is 0 Å². The first-order chi connectivity index (χ1) is 9.85. The second kappa shape index (κ2) is 8.16. The zero-order valence-corrected chi connectivity index (χ0v) is 13.9. The molecule has 114 valence electrons. The van der Waals surface area contributed by atoms with Crippen molar-refractivity contribution in [2.45, 2.75) is 33.1 Å². The van der Waals surface area contributed by atoms with E-state index >= 15 is 0 Å². The Labute approximate surface area is 136 Å². The van der Waals surface area contributed by atoms with Gasteiger partial charge in [0.2, 0.25) is 0 Å². The van der Waals surface area contributed by atoms with E-state index in [2.05, 4.69) is 13.8 Å². The van der Waals surface area contributed by atoms with Gasteiger partial charge in [-0.3, -0.25) is 0 Å². The topological polar surface area (TPSA) is 40.5 Å². The number of hydrogen-bond acceptors (Lipinski definition) is 2. The van der Waals surface area contributed by atoms with Crippen LogP contribution in [0.15, 0.2) is 36.4 Å². The molecule has 0 aliphatic carbocycles. The van der Waals surface area contributed by atoms with Crippen molar-refractivity contribution in [3.63, 3.8) is 0 Å². The molecule has 0 amide bonds. The number of phenolic OH excluding ortho intramolecular Hbond substituents is 2. The molecule has 0 saturated heterocycles. The van der Waals surface area contributed by atoms with E-state index in [0.29, 0.717) is 16.7 Å². The number of phenols is 2. The summed E-state index contributed by atoms with van der Waals surface area (Å²) in [6, 6.07) is 9.95. The molecule has 0 radical (unpaired) electrons. The van der Waals surface area contributed by atoms with Gasteiger partial charge in [-0.25, -0.2) is 0 Å². The van der Waals surface area contributed by atoms with Crippen LogP contribution < -0.4 is 0 Å². The molecule has 1 atom stereocenters. The number of rotatable bonds is 2. The lowest BCUT2D eigenvalue weighted by Gasteiger charge is -2.12. The van der Waals surface area contributed by atoms with E-state index < -0.39 is 0 Å². The lowest BCUT2D eigenvalue weighted by atomic mass is 9.96. The van der Waals surface area contributed by atoms with Gasteiger partial charge in [-0.2, -0.15) is 0 Å². The molecule has 0 fully saturated rings. The Morgan fingerprint density at radius 1 is 1.05 bits per heavy atom. The van der Waals surface area contributed by atoms with E-state index in [1.165, 1.54) is 0 Å². The Bertz CT molecular complexity index is 559. The third-order valence-corrected chi connectivity index (χ3v) is 3.94. The molecule has 4 heteroatoms. The quantitative estimate of drug-likeness (QED) is 0.719. The highest BCUT2D eigenvalue weighted by Gasteiger charge is 2.10. The number of aryl methyl sites for hydroxylation is 1. The summed E-state index contributed by atoms with van der Waals surface area (Å²) in [4.78, 5) is 0. The van der Waals surface area contributed by atoms with Gasteiger partial charge in [0.05, 0.1) is 0 Å². The SMILES string of the molecule is CCC(C)c1cc(Cl)c(C)cc1O.Oc1ccc(Cl)cc1. The summed E-state index contributed by atoms with van der Waals surface area (Å²) < 4.78 is 0. The smallest absolute Gasteiger partial charge is 0.119 e. The van der Waals surface area contributed by atoms with Crippen LogP contribution in [0.3, 0.4) is 0 Å². The average molecular weight is 327 g/mol. The van der Waals surface area contributed by atoms with Crippen LogP contribution in [0, 0.1) is 6.92 Å². The van der Waals surface area contributed by atoms with Crippen molar-refractivity contribution in [3.8, 4) is 11.5 Å². The molecule has 1 unspecified atom stereocenters. The first kappa shape index (κ1) is 17.7. The van der Waals surface area contributed by atoms with E-state index in [9.17, 15) is 5.11 Å². The molecule has 21 heavy (non-hydrogen) atoms. The largest absolute Gasteiger partial charge is 0.508 e. The maximum absolute atomic E-state index is 9.66. The Kier molecular flexibility index (Phi) is 6.86. The van der Waals surface area contributed by atoms with Gasteiger partial charge in [-0.15, -0.1) is 0 Å². The summed E-state index contributed by atoms with van der Waals surface area (Å²) in [5.41, 5.74) is 1.87. The molecule has 0 saturated carbocycles. The summed E-state index contributed by atoms with van der Waals surface area (Å²) in [7, 11) is 0. The summed E-state index contributed by atoms with van der Waals surface area (Å²) in [5.74, 6) is 0.962. The zero-order chi connectivity index (χ0) is 16.0. The maximum atomic E-state index is 9.66. The van der Waals surface area contributed by atoms with Gasteiger partial charge in [0.1, 0.15) is 11.5 Å². The fraction of sp³-hybridized carbons (Fsp3) is 0.294. The van der Waals surface area contributed by atoms with Crippen molar-refractivity contribution >= 4 is 23.2 Å². The summed E-state index contributed by atoms with van der Waals surface area (Å²) in [6.07, 6.45) is 1.01. The molecule has 0 bridgehead atoms. The van der Waals surface area contributed by atoms with Crippen LogP contribution in [0.2, 0.25) is 10.0 Å². The minimum absolute atomic E-state index is 0.245. The van der Waals surface area contributed by atoms with E-state index in [1.807, 2.05) is 13.0 Å². The van der Waals surface area contributed by atoms with Gasteiger partial charge in [0, 0.05) is 10.0 Å². The average Bonchev–Trinajstić information content (AvgIpc) is 2.46. The summed E-state index contributed by atoms with van der Waals surface area (Å²) in [6.45, 7) is 6.07. The van der Waals surface area contributed by atoms with E-state index in [4.69, 9.17) is 28.3 Å². The minimum atomic E-state index is 0.245. The van der Waals surface area contributed by atoms with Crippen molar-refractivity contribution in [3.05, 3.63) is 57.6 Å². The zero-order valence-electron chi connectivity index (χ0n) is 12.4. The fourth-order valence-corrected chi connectivity index (χ4v) is 2.04. The third kappa shape index (κ3) is 5.49. The predicted molar refractivity (Wildman–Crippen MR) is 89.7 cm³/mol. The monoisotopic (exact) mass is 326 g/mol. The van der Waals surface area contributed by atoms with Crippen LogP contribution in [-0.4, -0.2) is 10.2 Å². The van der Waals surface area contributed by atoms with Crippen LogP contribution in [0.5, 0.6) is 11.5 Å². The number of benzene rings is 2. The second-order valence-electron chi connectivity index (χ2n) is 4.95. The van der Waals surface area contributed by atoms with Crippen LogP contribution in [0.1, 0.15) is 37.3 Å². The number of hydrogen-bond donors (Lipinski definition) is 2. The minimum Gasteiger partial charge on any atom is -0.508 e. The van der Waals surface area contributed by atoms with Gasteiger partial charge in [-0.1, -0.05) is 37.0 Å². The first-order valence-corrected chi connectivity index (χ1v) is 7.54. The highest BCUT2D eigenvalue weighted by Crippen LogP contribution is 2.32. The van der Waals surface area contributed by atoms with Gasteiger partial charge in [0.15, 0.2) is 0 Å². The number of aromatic hydroxyl groups is 2. The van der Waals surface area contributed by atoms with Crippen LogP contribution in [0.4, 0.5) is 0 Å². The van der Waals surface area contributed by atoms with Crippen LogP contribution >= 0.6 is 23.2 Å².